The van der Waals surface area contributed by atoms with Gasteiger partial charge in [0, 0.05) is 25.7 Å². The van der Waals surface area contributed by atoms with Crippen molar-refractivity contribution in [2.75, 3.05) is 24.5 Å². The molecule has 4 rings (SSSR count). The van der Waals surface area contributed by atoms with Crippen molar-refractivity contribution in [1.29, 1.82) is 0 Å². The number of amides is 1. The van der Waals surface area contributed by atoms with Gasteiger partial charge in [0.1, 0.15) is 5.82 Å². The van der Waals surface area contributed by atoms with Crippen LogP contribution in [0.4, 0.5) is 10.1 Å². The van der Waals surface area contributed by atoms with E-state index in [0.717, 1.165) is 64.6 Å². The topological polar surface area (TPSA) is 43.8 Å². The fourth-order valence-electron chi connectivity index (χ4n) is 4.91. The van der Waals surface area contributed by atoms with Crippen molar-refractivity contribution in [3.05, 3.63) is 30.1 Å². The van der Waals surface area contributed by atoms with Crippen LogP contribution in [0.3, 0.4) is 0 Å². The smallest absolute Gasteiger partial charge is 0.229 e. The van der Waals surface area contributed by atoms with Crippen LogP contribution in [0, 0.1) is 11.2 Å². The number of carbonyl (C=O) groups excluding carboxylic acids is 1. The molecule has 1 aliphatic carbocycles. The Morgan fingerprint density at radius 2 is 1.64 bits per heavy atom. The summed E-state index contributed by atoms with van der Waals surface area (Å²) in [4.78, 5) is 17.3. The number of benzene rings is 1. The van der Waals surface area contributed by atoms with Gasteiger partial charge in [0.05, 0.1) is 17.2 Å². The van der Waals surface area contributed by atoms with Crippen LogP contribution in [0.2, 0.25) is 0 Å². The third-order valence-corrected chi connectivity index (χ3v) is 6.57. The first kappa shape index (κ1) is 16.8. The predicted molar refractivity (Wildman–Crippen MR) is 94.9 cm³/mol. The summed E-state index contributed by atoms with van der Waals surface area (Å²) < 4.78 is 14.0. The summed E-state index contributed by atoms with van der Waals surface area (Å²) in [6.07, 6.45) is 5.82. The Bertz CT molecular complexity index is 634. The molecule has 1 spiro atoms. The predicted octanol–water partition coefficient (Wildman–Crippen LogP) is 2.95. The van der Waals surface area contributed by atoms with Crippen LogP contribution in [0.15, 0.2) is 24.3 Å². The van der Waals surface area contributed by atoms with E-state index in [4.69, 9.17) is 0 Å². The van der Waals surface area contributed by atoms with Crippen molar-refractivity contribution in [2.45, 2.75) is 57.1 Å². The largest absolute Gasteiger partial charge is 0.393 e. The fraction of sp³-hybridized carbons (Fsp3) is 0.650. The van der Waals surface area contributed by atoms with E-state index in [9.17, 15) is 14.3 Å². The Hall–Kier alpha value is -1.62. The molecule has 25 heavy (non-hydrogen) atoms. The molecule has 1 N–H and O–H groups in total. The molecule has 0 aromatic heterocycles. The third-order valence-electron chi connectivity index (χ3n) is 6.57. The van der Waals surface area contributed by atoms with Crippen LogP contribution < -0.4 is 4.90 Å². The number of hydrogen-bond donors (Lipinski definition) is 1. The van der Waals surface area contributed by atoms with Gasteiger partial charge in [-0.2, -0.15) is 0 Å². The second-order valence-corrected chi connectivity index (χ2v) is 7.93. The van der Waals surface area contributed by atoms with Crippen LogP contribution >= 0.6 is 0 Å². The molecule has 3 fully saturated rings. The first-order chi connectivity index (χ1) is 12.1. The van der Waals surface area contributed by atoms with E-state index in [1.165, 1.54) is 6.07 Å². The zero-order valence-electron chi connectivity index (χ0n) is 14.7. The summed E-state index contributed by atoms with van der Waals surface area (Å²) in [5.41, 5.74) is 0.415. The lowest BCUT2D eigenvalue weighted by molar-refractivity contribution is -0.139. The fourth-order valence-corrected chi connectivity index (χ4v) is 4.91. The Labute approximate surface area is 148 Å². The summed E-state index contributed by atoms with van der Waals surface area (Å²) >= 11 is 0. The Morgan fingerprint density at radius 1 is 1.00 bits per heavy atom. The Balaban J connectivity index is 1.41. The molecular formula is C20H27FN2O2. The van der Waals surface area contributed by atoms with Gasteiger partial charge in [-0.05, 0) is 57.1 Å². The highest BCUT2D eigenvalue weighted by atomic mass is 19.1. The standard InChI is InChI=1S/C20H27FN2O2/c21-17-3-1-2-4-18(17)22-12-9-20(10-13-22)11-14-23(19(20)25)15-5-7-16(24)8-6-15/h1-4,15-16,24H,5-14H2. The maximum absolute atomic E-state index is 14.0. The molecular weight excluding hydrogens is 319 g/mol. The van der Waals surface area contributed by atoms with Crippen LogP contribution in [0.1, 0.15) is 44.9 Å². The highest BCUT2D eigenvalue weighted by Gasteiger charge is 2.50. The summed E-state index contributed by atoms with van der Waals surface area (Å²) in [7, 11) is 0. The summed E-state index contributed by atoms with van der Waals surface area (Å²) in [6, 6.07) is 7.20. The van der Waals surface area contributed by atoms with Gasteiger partial charge in [-0.3, -0.25) is 4.79 Å². The van der Waals surface area contributed by atoms with Crippen LogP contribution in [-0.4, -0.2) is 47.7 Å². The SMILES string of the molecule is O=C1N(C2CCC(O)CC2)CCC12CCN(c1ccccc1F)CC2. The van der Waals surface area contributed by atoms with Gasteiger partial charge >= 0.3 is 0 Å². The first-order valence-corrected chi connectivity index (χ1v) is 9.58. The van der Waals surface area contributed by atoms with E-state index in [2.05, 4.69) is 9.80 Å². The number of aliphatic hydroxyl groups excluding tert-OH is 1. The maximum Gasteiger partial charge on any atom is 0.229 e. The number of para-hydroxylation sites is 1. The number of aliphatic hydroxyl groups is 1. The van der Waals surface area contributed by atoms with E-state index >= 15 is 0 Å². The van der Waals surface area contributed by atoms with Crippen LogP contribution in [0.5, 0.6) is 0 Å². The molecule has 0 radical (unpaired) electrons. The van der Waals surface area contributed by atoms with Gasteiger partial charge in [-0.1, -0.05) is 12.1 Å². The van der Waals surface area contributed by atoms with E-state index in [0.29, 0.717) is 17.6 Å². The third kappa shape index (κ3) is 3.03. The molecule has 1 aromatic carbocycles. The van der Waals surface area contributed by atoms with E-state index in [-0.39, 0.29) is 17.3 Å². The molecule has 0 atom stereocenters. The lowest BCUT2D eigenvalue weighted by Crippen LogP contribution is -2.47. The van der Waals surface area contributed by atoms with Gasteiger partial charge in [0.25, 0.3) is 0 Å². The second-order valence-electron chi connectivity index (χ2n) is 7.93. The van der Waals surface area contributed by atoms with Crippen LogP contribution in [0.25, 0.3) is 0 Å². The molecule has 0 bridgehead atoms. The molecule has 2 saturated heterocycles. The molecule has 136 valence electrons. The van der Waals surface area contributed by atoms with Crippen molar-refractivity contribution in [2.24, 2.45) is 5.41 Å². The minimum atomic E-state index is -0.238. The lowest BCUT2D eigenvalue weighted by Gasteiger charge is -2.40. The van der Waals surface area contributed by atoms with Gasteiger partial charge in [-0.15, -0.1) is 0 Å². The van der Waals surface area contributed by atoms with Gasteiger partial charge in [0.2, 0.25) is 5.91 Å². The number of hydrogen-bond acceptors (Lipinski definition) is 3. The summed E-state index contributed by atoms with van der Waals surface area (Å²) in [6.45, 7) is 2.33. The number of carbonyl (C=O) groups is 1. The van der Waals surface area contributed by atoms with E-state index < -0.39 is 0 Å². The Morgan fingerprint density at radius 3 is 2.32 bits per heavy atom. The summed E-state index contributed by atoms with van der Waals surface area (Å²) in [5.74, 6) is 0.126. The minimum Gasteiger partial charge on any atom is -0.393 e. The number of likely N-dealkylation sites (tertiary alicyclic amines) is 1. The number of nitrogens with zero attached hydrogens (tertiary/aromatic N) is 2. The summed E-state index contributed by atoms with van der Waals surface area (Å²) in [5, 5.41) is 9.70. The van der Waals surface area contributed by atoms with Crippen molar-refractivity contribution < 1.29 is 14.3 Å². The molecule has 0 unspecified atom stereocenters. The van der Waals surface area contributed by atoms with Gasteiger partial charge < -0.3 is 14.9 Å². The number of piperidine rings is 1. The maximum atomic E-state index is 14.0. The molecule has 1 aromatic rings. The van der Waals surface area contributed by atoms with E-state index in [1.807, 2.05) is 12.1 Å². The molecule has 4 nitrogen and oxygen atoms in total. The van der Waals surface area contributed by atoms with Gasteiger partial charge in [-0.25, -0.2) is 4.39 Å². The van der Waals surface area contributed by atoms with Gasteiger partial charge in [0.15, 0.2) is 0 Å². The van der Waals surface area contributed by atoms with Crippen molar-refractivity contribution >= 4 is 11.6 Å². The van der Waals surface area contributed by atoms with Crippen molar-refractivity contribution in [3.63, 3.8) is 0 Å². The highest BCUT2D eigenvalue weighted by Crippen LogP contribution is 2.44. The average Bonchev–Trinajstić information content (AvgIpc) is 2.94. The second kappa shape index (κ2) is 6.60. The molecule has 2 heterocycles. The lowest BCUT2D eigenvalue weighted by atomic mass is 9.77. The first-order valence-electron chi connectivity index (χ1n) is 9.58. The molecule has 1 saturated carbocycles. The highest BCUT2D eigenvalue weighted by molar-refractivity contribution is 5.85. The molecule has 5 heteroatoms. The Kier molecular flexibility index (Phi) is 4.44. The van der Waals surface area contributed by atoms with E-state index in [1.54, 1.807) is 6.07 Å². The van der Waals surface area contributed by atoms with Crippen molar-refractivity contribution in [3.8, 4) is 0 Å². The zero-order valence-corrected chi connectivity index (χ0v) is 14.7. The number of halogens is 1. The van der Waals surface area contributed by atoms with Crippen molar-refractivity contribution in [1.82, 2.24) is 4.90 Å². The normalized spacial score (nSPS) is 29.4. The minimum absolute atomic E-state index is 0.182. The monoisotopic (exact) mass is 346 g/mol. The number of rotatable bonds is 2. The average molecular weight is 346 g/mol. The molecule has 1 amide bonds. The molecule has 3 aliphatic rings. The zero-order chi connectivity index (χ0) is 17.4. The molecule has 2 aliphatic heterocycles. The van der Waals surface area contributed by atoms with Crippen LogP contribution in [-0.2, 0) is 4.79 Å². The number of anilines is 1. The quantitative estimate of drug-likeness (QED) is 0.895.